The van der Waals surface area contributed by atoms with Crippen molar-refractivity contribution in [2.24, 2.45) is 22.7 Å². The summed E-state index contributed by atoms with van der Waals surface area (Å²) in [6.07, 6.45) is 6.06. The number of hydrogen-bond donors (Lipinski definition) is 2. The monoisotopic (exact) mass is 350 g/mol. The van der Waals surface area contributed by atoms with E-state index in [0.717, 1.165) is 25.7 Å². The van der Waals surface area contributed by atoms with Crippen molar-refractivity contribution in [1.29, 1.82) is 0 Å². The fourth-order valence-corrected chi connectivity index (χ4v) is 6.74. The largest absolute Gasteiger partial charge is 0.429 e. The molecule has 2 aliphatic heterocycles. The molecule has 0 bridgehead atoms. The van der Waals surface area contributed by atoms with Crippen LogP contribution in [0.3, 0.4) is 0 Å². The lowest BCUT2D eigenvalue weighted by Gasteiger charge is -2.60. The van der Waals surface area contributed by atoms with Crippen LogP contribution in [-0.2, 0) is 14.3 Å². The van der Waals surface area contributed by atoms with E-state index >= 15 is 0 Å². The summed E-state index contributed by atoms with van der Waals surface area (Å²) in [4.78, 5) is 11.5. The van der Waals surface area contributed by atoms with Crippen LogP contribution in [0.4, 0.5) is 0 Å². The van der Waals surface area contributed by atoms with Crippen molar-refractivity contribution in [2.45, 2.75) is 77.3 Å². The molecule has 140 valence electrons. The van der Waals surface area contributed by atoms with Gasteiger partial charge in [-0.05, 0) is 54.8 Å². The zero-order chi connectivity index (χ0) is 18.0. The molecule has 0 amide bonds. The Morgan fingerprint density at radius 2 is 1.96 bits per heavy atom. The van der Waals surface area contributed by atoms with Gasteiger partial charge in [-0.1, -0.05) is 27.2 Å². The van der Waals surface area contributed by atoms with E-state index in [1.807, 2.05) is 0 Å². The van der Waals surface area contributed by atoms with Crippen molar-refractivity contribution in [3.63, 3.8) is 0 Å². The second-order valence-electron chi connectivity index (χ2n) is 9.49. The number of cyclic esters (lactones) is 1. The van der Waals surface area contributed by atoms with Crippen molar-refractivity contribution in [2.75, 3.05) is 6.61 Å². The molecular formula is C20H30O5. The van der Waals surface area contributed by atoms with Gasteiger partial charge in [0.1, 0.15) is 0 Å². The number of esters is 1. The predicted molar refractivity (Wildman–Crippen MR) is 91.4 cm³/mol. The van der Waals surface area contributed by atoms with E-state index in [-0.39, 0.29) is 24.0 Å². The van der Waals surface area contributed by atoms with Crippen molar-refractivity contribution in [3.05, 3.63) is 11.6 Å². The molecule has 25 heavy (non-hydrogen) atoms. The summed E-state index contributed by atoms with van der Waals surface area (Å²) in [6.45, 7) is 7.13. The van der Waals surface area contributed by atoms with Crippen molar-refractivity contribution >= 4 is 5.97 Å². The van der Waals surface area contributed by atoms with E-state index in [9.17, 15) is 15.0 Å². The molecule has 0 aromatic rings. The summed E-state index contributed by atoms with van der Waals surface area (Å²) in [7, 11) is 0. The van der Waals surface area contributed by atoms with Gasteiger partial charge in [0.25, 0.3) is 0 Å². The Bertz CT molecular complexity index is 611. The van der Waals surface area contributed by atoms with Gasteiger partial charge in [-0.25, -0.2) is 4.79 Å². The number of carbonyl (C=O) groups excluding carboxylic acids is 1. The third kappa shape index (κ3) is 2.42. The SMILES string of the molecule is CC1(C)CCC[C@@]2(C)[C@H]1CC[C@]1(CO)O[C@H](C3=CC(=O)OC3O)C[C@@H]12. The van der Waals surface area contributed by atoms with Crippen LogP contribution < -0.4 is 0 Å². The highest BCUT2D eigenvalue weighted by molar-refractivity contribution is 5.85. The quantitative estimate of drug-likeness (QED) is 0.749. The van der Waals surface area contributed by atoms with Crippen LogP contribution in [0.25, 0.3) is 0 Å². The number of aliphatic hydroxyl groups excluding tert-OH is 2. The van der Waals surface area contributed by atoms with E-state index < -0.39 is 17.9 Å². The summed E-state index contributed by atoms with van der Waals surface area (Å²) in [5.74, 6) is 0.333. The Morgan fingerprint density at radius 3 is 2.60 bits per heavy atom. The molecule has 5 nitrogen and oxygen atoms in total. The first kappa shape index (κ1) is 17.5. The lowest BCUT2D eigenvalue weighted by atomic mass is 9.45. The molecule has 0 aromatic carbocycles. The van der Waals surface area contributed by atoms with Crippen LogP contribution >= 0.6 is 0 Å². The maximum absolute atomic E-state index is 11.5. The Balaban J connectivity index is 1.68. The van der Waals surface area contributed by atoms with Gasteiger partial charge >= 0.3 is 5.97 Å². The minimum absolute atomic E-state index is 0.00488. The molecule has 2 N–H and O–H groups in total. The average Bonchev–Trinajstić information content (AvgIpc) is 3.07. The van der Waals surface area contributed by atoms with Gasteiger partial charge < -0.3 is 19.7 Å². The summed E-state index contributed by atoms with van der Waals surface area (Å²) < 4.78 is 11.2. The molecule has 5 heteroatoms. The zero-order valence-electron chi connectivity index (χ0n) is 15.5. The number of hydrogen-bond acceptors (Lipinski definition) is 5. The molecule has 6 atom stereocenters. The lowest BCUT2D eigenvalue weighted by Crippen LogP contribution is -2.58. The maximum Gasteiger partial charge on any atom is 0.333 e. The molecule has 0 spiro atoms. The Kier molecular flexibility index (Phi) is 3.88. The van der Waals surface area contributed by atoms with E-state index in [4.69, 9.17) is 9.47 Å². The third-order valence-electron chi connectivity index (χ3n) is 7.83. The van der Waals surface area contributed by atoms with Gasteiger partial charge in [0, 0.05) is 11.6 Å². The van der Waals surface area contributed by atoms with Crippen LogP contribution in [0.15, 0.2) is 11.6 Å². The van der Waals surface area contributed by atoms with E-state index in [1.54, 1.807) is 0 Å². The first-order valence-corrected chi connectivity index (χ1v) is 9.61. The van der Waals surface area contributed by atoms with Gasteiger partial charge in [0.15, 0.2) is 0 Å². The Labute approximate surface area is 149 Å². The number of carbonyl (C=O) groups is 1. The molecule has 3 fully saturated rings. The Hall–Kier alpha value is -0.910. The summed E-state index contributed by atoms with van der Waals surface area (Å²) in [5, 5.41) is 20.3. The fourth-order valence-electron chi connectivity index (χ4n) is 6.74. The van der Waals surface area contributed by atoms with Gasteiger partial charge in [-0.15, -0.1) is 0 Å². The molecule has 2 saturated carbocycles. The van der Waals surface area contributed by atoms with Crippen LogP contribution in [0.1, 0.15) is 59.3 Å². The van der Waals surface area contributed by atoms with Gasteiger partial charge in [-0.2, -0.15) is 0 Å². The minimum Gasteiger partial charge on any atom is -0.429 e. The Morgan fingerprint density at radius 1 is 1.20 bits per heavy atom. The number of ether oxygens (including phenoxy) is 2. The van der Waals surface area contributed by atoms with Crippen LogP contribution in [0.2, 0.25) is 0 Å². The predicted octanol–water partition coefficient (Wildman–Crippen LogP) is 2.55. The zero-order valence-corrected chi connectivity index (χ0v) is 15.5. The molecular weight excluding hydrogens is 320 g/mol. The summed E-state index contributed by atoms with van der Waals surface area (Å²) >= 11 is 0. The molecule has 0 aromatic heterocycles. The number of fused-ring (bicyclic) bond motifs is 3. The third-order valence-corrected chi connectivity index (χ3v) is 7.83. The number of aliphatic hydroxyl groups is 2. The molecule has 1 unspecified atom stereocenters. The fraction of sp³-hybridized carbons (Fsp3) is 0.850. The molecule has 1 saturated heterocycles. The van der Waals surface area contributed by atoms with E-state index in [2.05, 4.69) is 20.8 Å². The standard InChI is InChI=1S/C20H30O5/c1-18(2)6-4-7-19(3)14(18)5-8-20(11-21)15(19)10-13(25-20)12-9-16(22)24-17(12)23/h9,13-15,17,21,23H,4-8,10-11H2,1-3H3/t13-,14-,15+,17?,19-,20+/m0/s1. The van der Waals surface area contributed by atoms with Gasteiger partial charge in [0.2, 0.25) is 6.29 Å². The minimum atomic E-state index is -1.21. The molecule has 4 rings (SSSR count). The van der Waals surface area contributed by atoms with Crippen LogP contribution in [0, 0.1) is 22.7 Å². The summed E-state index contributed by atoms with van der Waals surface area (Å²) in [6, 6.07) is 0. The van der Waals surface area contributed by atoms with Crippen molar-refractivity contribution in [3.8, 4) is 0 Å². The van der Waals surface area contributed by atoms with E-state index in [0.29, 0.717) is 16.9 Å². The maximum atomic E-state index is 11.5. The second kappa shape index (κ2) is 5.54. The smallest absolute Gasteiger partial charge is 0.333 e. The summed E-state index contributed by atoms with van der Waals surface area (Å²) in [5.41, 5.74) is 0.377. The first-order valence-electron chi connectivity index (χ1n) is 9.61. The molecule has 2 heterocycles. The molecule has 4 aliphatic rings. The number of rotatable bonds is 2. The molecule has 2 aliphatic carbocycles. The highest BCUT2D eigenvalue weighted by atomic mass is 16.6. The first-order chi connectivity index (χ1) is 11.7. The highest BCUT2D eigenvalue weighted by Crippen LogP contribution is 2.66. The average molecular weight is 350 g/mol. The van der Waals surface area contributed by atoms with Gasteiger partial charge in [0.05, 0.1) is 18.3 Å². The topological polar surface area (TPSA) is 76.0 Å². The lowest BCUT2D eigenvalue weighted by molar-refractivity contribution is -0.178. The van der Waals surface area contributed by atoms with E-state index in [1.165, 1.54) is 18.9 Å². The second-order valence-corrected chi connectivity index (χ2v) is 9.49. The van der Waals surface area contributed by atoms with Crippen molar-refractivity contribution in [1.82, 2.24) is 0 Å². The van der Waals surface area contributed by atoms with Crippen LogP contribution in [0.5, 0.6) is 0 Å². The van der Waals surface area contributed by atoms with Crippen LogP contribution in [-0.4, -0.2) is 40.8 Å². The normalized spacial score (nSPS) is 48.5. The molecule has 0 radical (unpaired) electrons. The van der Waals surface area contributed by atoms with Gasteiger partial charge in [-0.3, -0.25) is 0 Å². The van der Waals surface area contributed by atoms with Crippen molar-refractivity contribution < 1.29 is 24.5 Å². The highest BCUT2D eigenvalue weighted by Gasteiger charge is 2.64.